The summed E-state index contributed by atoms with van der Waals surface area (Å²) in [6.07, 6.45) is -0.813. The lowest BCUT2D eigenvalue weighted by atomic mass is 9.95. The maximum atomic E-state index is 12.3. The second-order valence-corrected chi connectivity index (χ2v) is 5.93. The Morgan fingerprint density at radius 3 is 2.71 bits per heavy atom. The molecule has 0 amide bonds. The maximum absolute atomic E-state index is 12.3. The number of aliphatic hydroxyl groups is 1. The molecular weight excluding hydrogens is 282 g/mol. The van der Waals surface area contributed by atoms with Gasteiger partial charge in [-0.1, -0.05) is 12.1 Å². The van der Waals surface area contributed by atoms with Crippen LogP contribution in [0.2, 0.25) is 0 Å². The molecule has 0 bridgehead atoms. The van der Waals surface area contributed by atoms with Gasteiger partial charge < -0.3 is 19.3 Å². The molecule has 3 rings (SSSR count). The number of alkyl halides is 2. The summed E-state index contributed by atoms with van der Waals surface area (Å²) in [5.41, 5.74) is 0.806. The van der Waals surface area contributed by atoms with E-state index in [4.69, 9.17) is 9.47 Å². The van der Waals surface area contributed by atoms with Crippen LogP contribution in [0.3, 0.4) is 0 Å². The van der Waals surface area contributed by atoms with Crippen LogP contribution in [0.1, 0.15) is 31.7 Å². The average Bonchev–Trinajstić information content (AvgIpc) is 2.84. The first-order valence-corrected chi connectivity index (χ1v) is 6.94. The molecular formula is C15H18F2O4. The minimum atomic E-state index is -2.85. The van der Waals surface area contributed by atoms with Gasteiger partial charge in [-0.25, -0.2) is 0 Å². The van der Waals surface area contributed by atoms with Crippen LogP contribution >= 0.6 is 0 Å². The van der Waals surface area contributed by atoms with Gasteiger partial charge in [0.15, 0.2) is 5.79 Å². The van der Waals surface area contributed by atoms with Crippen LogP contribution in [-0.4, -0.2) is 35.8 Å². The predicted molar refractivity (Wildman–Crippen MR) is 70.3 cm³/mol. The van der Waals surface area contributed by atoms with Crippen molar-refractivity contribution < 1.29 is 28.1 Å². The summed E-state index contributed by atoms with van der Waals surface area (Å²) < 4.78 is 40.6. The van der Waals surface area contributed by atoms with Gasteiger partial charge in [0.2, 0.25) is 0 Å². The molecule has 21 heavy (non-hydrogen) atoms. The van der Waals surface area contributed by atoms with Crippen molar-refractivity contribution in [1.29, 1.82) is 0 Å². The molecule has 2 fully saturated rings. The van der Waals surface area contributed by atoms with Crippen molar-refractivity contribution >= 4 is 0 Å². The topological polar surface area (TPSA) is 47.9 Å². The van der Waals surface area contributed by atoms with Gasteiger partial charge in [0.1, 0.15) is 11.9 Å². The lowest BCUT2D eigenvalue weighted by Crippen LogP contribution is -2.28. The van der Waals surface area contributed by atoms with Gasteiger partial charge in [0, 0.05) is 5.92 Å². The van der Waals surface area contributed by atoms with Gasteiger partial charge in [-0.3, -0.25) is 0 Å². The number of hydrogen-bond donors (Lipinski definition) is 1. The fourth-order valence-electron chi connectivity index (χ4n) is 3.20. The van der Waals surface area contributed by atoms with Crippen molar-refractivity contribution in [3.63, 3.8) is 0 Å². The Balaban J connectivity index is 1.84. The summed E-state index contributed by atoms with van der Waals surface area (Å²) in [5, 5.41) is 10.1. The van der Waals surface area contributed by atoms with Crippen LogP contribution < -0.4 is 4.74 Å². The third-order valence-electron chi connectivity index (χ3n) is 3.95. The Morgan fingerprint density at radius 2 is 2.00 bits per heavy atom. The summed E-state index contributed by atoms with van der Waals surface area (Å²) in [5.74, 6) is -0.738. The molecule has 1 aromatic carbocycles. The van der Waals surface area contributed by atoms with Gasteiger partial charge in [0.05, 0.1) is 12.2 Å². The van der Waals surface area contributed by atoms with Crippen molar-refractivity contribution in [2.75, 3.05) is 0 Å². The second-order valence-electron chi connectivity index (χ2n) is 5.93. The molecule has 4 nitrogen and oxygen atoms in total. The van der Waals surface area contributed by atoms with Crippen LogP contribution in [0.15, 0.2) is 24.3 Å². The number of ether oxygens (including phenoxy) is 3. The number of hydrogen-bond acceptors (Lipinski definition) is 4. The predicted octanol–water partition coefficient (Wildman–Crippen LogP) is 2.66. The summed E-state index contributed by atoms with van der Waals surface area (Å²) in [6.45, 7) is 0.740. The smallest absolute Gasteiger partial charge is 0.387 e. The Labute approximate surface area is 121 Å². The quantitative estimate of drug-likeness (QED) is 0.932. The standard InChI is InChI=1S/C15H18F2O4/c1-15(2)20-12-10(7-11(18)13(12)21-15)8-4-3-5-9(6-8)19-14(16)17/h3-6,10-14,18H,7H2,1-2H3/t10-,11+,12-,13+/m1/s1. The van der Waals surface area contributed by atoms with Gasteiger partial charge in [-0.15, -0.1) is 0 Å². The highest BCUT2D eigenvalue weighted by molar-refractivity contribution is 5.33. The van der Waals surface area contributed by atoms with Crippen molar-refractivity contribution in [2.24, 2.45) is 0 Å². The van der Waals surface area contributed by atoms with Gasteiger partial charge in [-0.05, 0) is 38.0 Å². The highest BCUT2D eigenvalue weighted by Crippen LogP contribution is 2.46. The van der Waals surface area contributed by atoms with Crippen molar-refractivity contribution in [2.45, 2.75) is 56.9 Å². The molecule has 0 aromatic heterocycles. The molecule has 1 saturated heterocycles. The number of aliphatic hydroxyl groups excluding tert-OH is 1. The molecule has 1 saturated carbocycles. The Morgan fingerprint density at radius 1 is 1.29 bits per heavy atom. The van der Waals surface area contributed by atoms with E-state index < -0.39 is 18.5 Å². The molecule has 2 aliphatic rings. The summed E-state index contributed by atoms with van der Waals surface area (Å²) in [4.78, 5) is 0. The maximum Gasteiger partial charge on any atom is 0.387 e. The van der Waals surface area contributed by atoms with Crippen molar-refractivity contribution in [3.05, 3.63) is 29.8 Å². The van der Waals surface area contributed by atoms with Gasteiger partial charge in [0.25, 0.3) is 0 Å². The SMILES string of the molecule is CC1(C)O[C@@H]2[C@H](O1)[C@@H](c1cccc(OC(F)F)c1)C[C@@H]2O. The zero-order valence-electron chi connectivity index (χ0n) is 11.8. The highest BCUT2D eigenvalue weighted by atomic mass is 19.3. The molecule has 6 heteroatoms. The molecule has 1 aromatic rings. The van der Waals surface area contributed by atoms with Crippen LogP contribution in [0.25, 0.3) is 0 Å². The Hall–Kier alpha value is -1.24. The zero-order valence-corrected chi connectivity index (χ0v) is 11.8. The Kier molecular flexibility index (Phi) is 3.63. The lowest BCUT2D eigenvalue weighted by molar-refractivity contribution is -0.163. The first-order valence-electron chi connectivity index (χ1n) is 6.94. The second kappa shape index (κ2) is 5.19. The normalized spacial score (nSPS) is 34.2. The van der Waals surface area contributed by atoms with E-state index in [9.17, 15) is 13.9 Å². The number of fused-ring (bicyclic) bond motifs is 1. The van der Waals surface area contributed by atoms with E-state index in [-0.39, 0.29) is 23.9 Å². The van der Waals surface area contributed by atoms with E-state index in [0.29, 0.717) is 6.42 Å². The minimum absolute atomic E-state index is 0.104. The highest BCUT2D eigenvalue weighted by Gasteiger charge is 2.53. The molecule has 1 heterocycles. The van der Waals surface area contributed by atoms with Crippen LogP contribution in [0, 0.1) is 0 Å². The van der Waals surface area contributed by atoms with Crippen molar-refractivity contribution in [1.82, 2.24) is 0 Å². The molecule has 0 radical (unpaired) electrons. The van der Waals surface area contributed by atoms with E-state index in [0.717, 1.165) is 5.56 Å². The van der Waals surface area contributed by atoms with Gasteiger partial charge >= 0.3 is 6.61 Å². The Bertz CT molecular complexity index is 520. The van der Waals surface area contributed by atoms with Crippen LogP contribution in [0.4, 0.5) is 8.78 Å². The fraction of sp³-hybridized carbons (Fsp3) is 0.600. The third-order valence-corrected chi connectivity index (χ3v) is 3.95. The monoisotopic (exact) mass is 300 g/mol. The largest absolute Gasteiger partial charge is 0.435 e. The number of rotatable bonds is 3. The molecule has 0 unspecified atom stereocenters. The molecule has 1 aliphatic heterocycles. The molecule has 4 atom stereocenters. The summed E-state index contributed by atoms with van der Waals surface area (Å²) >= 11 is 0. The molecule has 0 spiro atoms. The summed E-state index contributed by atoms with van der Waals surface area (Å²) in [6, 6.07) is 6.54. The van der Waals surface area contributed by atoms with E-state index in [1.54, 1.807) is 26.0 Å². The fourth-order valence-corrected chi connectivity index (χ4v) is 3.20. The summed E-state index contributed by atoms with van der Waals surface area (Å²) in [7, 11) is 0. The molecule has 1 N–H and O–H groups in total. The number of halogens is 2. The van der Waals surface area contributed by atoms with Crippen LogP contribution in [0.5, 0.6) is 5.75 Å². The molecule has 116 valence electrons. The van der Waals surface area contributed by atoms with E-state index >= 15 is 0 Å². The minimum Gasteiger partial charge on any atom is -0.435 e. The molecule has 1 aliphatic carbocycles. The first-order chi connectivity index (χ1) is 9.85. The van der Waals surface area contributed by atoms with Crippen LogP contribution in [-0.2, 0) is 9.47 Å². The van der Waals surface area contributed by atoms with E-state index in [1.165, 1.54) is 6.07 Å². The zero-order chi connectivity index (χ0) is 15.2. The lowest BCUT2D eigenvalue weighted by Gasteiger charge is -2.22. The van der Waals surface area contributed by atoms with Crippen molar-refractivity contribution in [3.8, 4) is 5.75 Å². The number of benzene rings is 1. The van der Waals surface area contributed by atoms with E-state index in [2.05, 4.69) is 4.74 Å². The first kappa shape index (κ1) is 14.7. The average molecular weight is 300 g/mol. The third kappa shape index (κ3) is 2.88. The van der Waals surface area contributed by atoms with E-state index in [1.807, 2.05) is 6.07 Å². The van der Waals surface area contributed by atoms with Gasteiger partial charge in [-0.2, -0.15) is 8.78 Å².